The molecule has 0 aromatic heterocycles. The third-order valence-corrected chi connectivity index (χ3v) is 1.52. The van der Waals surface area contributed by atoms with Gasteiger partial charge < -0.3 is 9.47 Å². The molecule has 0 N–H and O–H groups in total. The largest absolute Gasteiger partial charge is 0.469 e. The summed E-state index contributed by atoms with van der Waals surface area (Å²) in [6.07, 6.45) is -1.81. The minimum absolute atomic E-state index is 0.428. The summed E-state index contributed by atoms with van der Waals surface area (Å²) >= 11 is 0. The monoisotopic (exact) mass is 262 g/mol. The topological polar surface area (TPSA) is 88.1 Å². The zero-order valence-electron chi connectivity index (χ0n) is 11.1. The molecular weight excluding hydrogens is 244 g/mol. The Hall–Kier alpha value is -1.63. The van der Waals surface area contributed by atoms with Crippen molar-refractivity contribution in [3.63, 3.8) is 0 Å². The summed E-state index contributed by atoms with van der Waals surface area (Å²) < 4.78 is 9.03. The number of carbonyl (C=O) groups is 3. The predicted octanol–water partition coefficient (Wildman–Crippen LogP) is 0.754. The fourth-order valence-electron chi connectivity index (χ4n) is 0.828. The van der Waals surface area contributed by atoms with Crippen LogP contribution < -0.4 is 0 Å². The molecule has 0 rings (SSSR count). The van der Waals surface area contributed by atoms with Crippen molar-refractivity contribution in [2.45, 2.75) is 45.8 Å². The maximum absolute atomic E-state index is 11.5. The maximum atomic E-state index is 11.5. The van der Waals surface area contributed by atoms with E-state index in [4.69, 9.17) is 4.89 Å². The number of ether oxygens (including phenoxy) is 2. The molecule has 0 heterocycles. The highest BCUT2D eigenvalue weighted by Crippen LogP contribution is 2.10. The zero-order valence-corrected chi connectivity index (χ0v) is 11.1. The Balaban J connectivity index is 4.49. The fourth-order valence-corrected chi connectivity index (χ4v) is 0.828. The number of methoxy groups -OCH3 is 1. The first-order valence-corrected chi connectivity index (χ1v) is 5.29. The van der Waals surface area contributed by atoms with Crippen LogP contribution in [0.2, 0.25) is 0 Å². The van der Waals surface area contributed by atoms with Crippen molar-refractivity contribution in [2.24, 2.45) is 0 Å². The standard InChI is InChI=1S/C11H18O7/c1-7(12)16-8(6-9(13)15-5)10(14)17-18-11(2,3)4/h8H,6H2,1-5H3/t8-/m0/s1. The van der Waals surface area contributed by atoms with E-state index in [1.807, 2.05) is 0 Å². The molecule has 0 radical (unpaired) electrons. The fraction of sp³-hybridized carbons (Fsp3) is 0.727. The van der Waals surface area contributed by atoms with Crippen LogP contribution in [0.3, 0.4) is 0 Å². The lowest BCUT2D eigenvalue weighted by Crippen LogP contribution is -2.33. The molecule has 0 aliphatic heterocycles. The van der Waals surface area contributed by atoms with E-state index >= 15 is 0 Å². The smallest absolute Gasteiger partial charge is 0.383 e. The van der Waals surface area contributed by atoms with E-state index in [2.05, 4.69) is 14.4 Å². The van der Waals surface area contributed by atoms with Crippen molar-refractivity contribution >= 4 is 17.9 Å². The van der Waals surface area contributed by atoms with Gasteiger partial charge in [-0.3, -0.25) is 14.5 Å². The van der Waals surface area contributed by atoms with E-state index in [0.717, 1.165) is 14.0 Å². The first kappa shape index (κ1) is 16.4. The molecular formula is C11H18O7. The summed E-state index contributed by atoms with van der Waals surface area (Å²) in [5.74, 6) is -2.38. The number of hydrogen-bond acceptors (Lipinski definition) is 7. The van der Waals surface area contributed by atoms with Crippen molar-refractivity contribution in [2.75, 3.05) is 7.11 Å². The molecule has 104 valence electrons. The summed E-state index contributed by atoms with van der Waals surface area (Å²) in [6.45, 7) is 6.12. The first-order chi connectivity index (χ1) is 8.15. The molecule has 7 nitrogen and oxygen atoms in total. The highest BCUT2D eigenvalue weighted by atomic mass is 17.2. The lowest BCUT2D eigenvalue weighted by Gasteiger charge is -2.19. The SMILES string of the molecule is COC(=O)C[C@H](OC(C)=O)C(=O)OOC(C)(C)C. The molecule has 18 heavy (non-hydrogen) atoms. The molecule has 0 aliphatic carbocycles. The van der Waals surface area contributed by atoms with Crippen LogP contribution in [0.15, 0.2) is 0 Å². The lowest BCUT2D eigenvalue weighted by molar-refractivity contribution is -0.324. The van der Waals surface area contributed by atoms with Crippen molar-refractivity contribution in [3.05, 3.63) is 0 Å². The van der Waals surface area contributed by atoms with Gasteiger partial charge in [-0.05, 0) is 20.8 Å². The summed E-state index contributed by atoms with van der Waals surface area (Å²) in [6, 6.07) is 0. The molecule has 0 spiro atoms. The summed E-state index contributed by atoms with van der Waals surface area (Å²) in [7, 11) is 1.16. The Bertz CT molecular complexity index is 316. The van der Waals surface area contributed by atoms with Crippen molar-refractivity contribution in [3.8, 4) is 0 Å². The minimum atomic E-state index is -1.38. The van der Waals surface area contributed by atoms with E-state index in [9.17, 15) is 14.4 Å². The normalized spacial score (nSPS) is 12.5. The van der Waals surface area contributed by atoms with Crippen LogP contribution >= 0.6 is 0 Å². The van der Waals surface area contributed by atoms with Crippen LogP contribution in [-0.2, 0) is 33.6 Å². The molecule has 0 saturated carbocycles. The molecule has 0 bridgehead atoms. The van der Waals surface area contributed by atoms with E-state index in [1.54, 1.807) is 20.8 Å². The van der Waals surface area contributed by atoms with Crippen LogP contribution in [-0.4, -0.2) is 36.7 Å². The van der Waals surface area contributed by atoms with Crippen molar-refractivity contribution in [1.82, 2.24) is 0 Å². The second kappa shape index (κ2) is 6.95. The number of rotatable bonds is 5. The zero-order chi connectivity index (χ0) is 14.3. The molecule has 0 unspecified atom stereocenters. The van der Waals surface area contributed by atoms with Crippen LogP contribution in [0.1, 0.15) is 34.1 Å². The van der Waals surface area contributed by atoms with Gasteiger partial charge >= 0.3 is 17.9 Å². The van der Waals surface area contributed by atoms with Crippen molar-refractivity contribution in [1.29, 1.82) is 0 Å². The Morgan fingerprint density at radius 1 is 1.17 bits per heavy atom. The second-order valence-corrected chi connectivity index (χ2v) is 4.48. The molecule has 0 aromatic rings. The van der Waals surface area contributed by atoms with Gasteiger partial charge in [-0.25, -0.2) is 4.79 Å². The highest BCUT2D eigenvalue weighted by molar-refractivity contribution is 5.83. The van der Waals surface area contributed by atoms with Crippen LogP contribution in [0.4, 0.5) is 0 Å². The highest BCUT2D eigenvalue weighted by Gasteiger charge is 2.29. The van der Waals surface area contributed by atoms with E-state index in [-0.39, 0.29) is 0 Å². The van der Waals surface area contributed by atoms with Crippen LogP contribution in [0.25, 0.3) is 0 Å². The average molecular weight is 262 g/mol. The summed E-state index contributed by atoms with van der Waals surface area (Å²) in [5.41, 5.74) is -0.707. The van der Waals surface area contributed by atoms with Crippen molar-refractivity contribution < 1.29 is 33.6 Å². The molecule has 0 aromatic carbocycles. The molecule has 0 saturated heterocycles. The molecule has 1 atom stereocenters. The third-order valence-electron chi connectivity index (χ3n) is 1.52. The van der Waals surface area contributed by atoms with Crippen LogP contribution in [0, 0.1) is 0 Å². The third kappa shape index (κ3) is 7.61. The second-order valence-electron chi connectivity index (χ2n) is 4.48. The van der Waals surface area contributed by atoms with Gasteiger partial charge in [0.25, 0.3) is 0 Å². The van der Waals surface area contributed by atoms with Gasteiger partial charge in [0.2, 0.25) is 6.10 Å². The molecule has 7 heteroatoms. The van der Waals surface area contributed by atoms with Gasteiger partial charge in [0.1, 0.15) is 5.60 Å². The Kier molecular flexibility index (Phi) is 6.32. The van der Waals surface area contributed by atoms with E-state index in [1.165, 1.54) is 0 Å². The van der Waals surface area contributed by atoms with Gasteiger partial charge in [0.15, 0.2) is 0 Å². The van der Waals surface area contributed by atoms with Crippen LogP contribution in [0.5, 0.6) is 0 Å². The Morgan fingerprint density at radius 2 is 1.72 bits per heavy atom. The molecule has 0 fully saturated rings. The predicted molar refractivity (Wildman–Crippen MR) is 59.1 cm³/mol. The first-order valence-electron chi connectivity index (χ1n) is 5.29. The number of carbonyl (C=O) groups excluding carboxylic acids is 3. The summed E-state index contributed by atoms with van der Waals surface area (Å²) in [5, 5.41) is 0. The number of hydrogen-bond donors (Lipinski definition) is 0. The molecule has 0 aliphatic rings. The maximum Gasteiger partial charge on any atom is 0.383 e. The van der Waals surface area contributed by atoms with Gasteiger partial charge in [-0.15, -0.1) is 0 Å². The summed E-state index contributed by atoms with van der Waals surface area (Å²) in [4.78, 5) is 42.7. The van der Waals surface area contributed by atoms with Gasteiger partial charge in [0, 0.05) is 6.92 Å². The van der Waals surface area contributed by atoms with Gasteiger partial charge in [0.05, 0.1) is 13.5 Å². The minimum Gasteiger partial charge on any atom is -0.469 e. The lowest BCUT2D eigenvalue weighted by atomic mass is 10.2. The molecule has 0 amide bonds. The van der Waals surface area contributed by atoms with E-state index in [0.29, 0.717) is 0 Å². The van der Waals surface area contributed by atoms with E-state index < -0.39 is 36.0 Å². The van der Waals surface area contributed by atoms with Gasteiger partial charge in [-0.2, -0.15) is 4.89 Å². The number of esters is 2. The Labute approximate surface area is 105 Å². The quantitative estimate of drug-likeness (QED) is 0.410. The Morgan fingerprint density at radius 3 is 2.11 bits per heavy atom. The van der Waals surface area contributed by atoms with Gasteiger partial charge in [-0.1, -0.05) is 0 Å². The average Bonchev–Trinajstić information content (AvgIpc) is 2.23.